The minimum atomic E-state index is -0.191. The summed E-state index contributed by atoms with van der Waals surface area (Å²) in [7, 11) is 1.86. The van der Waals surface area contributed by atoms with E-state index in [-0.39, 0.29) is 12.3 Å². The maximum absolute atomic E-state index is 12.2. The number of benzene rings is 1. The second-order valence-electron chi connectivity index (χ2n) is 5.51. The summed E-state index contributed by atoms with van der Waals surface area (Å²) in [5, 5.41) is 8.98. The number of aromatic nitrogens is 4. The molecule has 9 heteroatoms. The van der Waals surface area contributed by atoms with Crippen molar-refractivity contribution in [3.05, 3.63) is 45.4 Å². The van der Waals surface area contributed by atoms with Crippen molar-refractivity contribution in [2.45, 2.75) is 19.9 Å². The second-order valence-corrected chi connectivity index (χ2v) is 6.77. The molecule has 0 saturated heterocycles. The fourth-order valence-corrected chi connectivity index (χ4v) is 3.39. The van der Waals surface area contributed by atoms with Gasteiger partial charge in [-0.05, 0) is 43.4 Å². The van der Waals surface area contributed by atoms with Crippen LogP contribution in [0.3, 0.4) is 0 Å². The van der Waals surface area contributed by atoms with Crippen LogP contribution in [0.15, 0.2) is 40.8 Å². The van der Waals surface area contributed by atoms with Crippen LogP contribution in [0.4, 0.5) is 0 Å². The quantitative estimate of drug-likeness (QED) is 0.658. The molecule has 0 atom stereocenters. The Morgan fingerprint density at radius 2 is 2.15 bits per heavy atom. The highest BCUT2D eigenvalue weighted by molar-refractivity contribution is 7.71. The molecule has 0 spiro atoms. The standard InChI is InChI=1S/C17H19N5O2S2/c1-3-24-13-6-4-12(5-7-13)15-19-20-16(25)22(15)9-8-14(23)18-17-21(2)10-11-26-17/h4-7,10-11H,3,8-9H2,1-2H3,(H,20,25). The Bertz CT molecular complexity index is 1010. The molecule has 0 aliphatic carbocycles. The zero-order chi connectivity index (χ0) is 18.5. The number of carbonyl (C=O) groups is 1. The van der Waals surface area contributed by atoms with Crippen LogP contribution in [0.5, 0.6) is 5.75 Å². The summed E-state index contributed by atoms with van der Waals surface area (Å²) in [6.45, 7) is 2.97. The van der Waals surface area contributed by atoms with Gasteiger partial charge in [-0.3, -0.25) is 14.5 Å². The molecule has 1 amide bonds. The third-order valence-electron chi connectivity index (χ3n) is 3.71. The first-order valence-corrected chi connectivity index (χ1v) is 9.43. The van der Waals surface area contributed by atoms with E-state index in [1.165, 1.54) is 11.3 Å². The normalized spacial score (nSPS) is 11.7. The second kappa shape index (κ2) is 8.24. The van der Waals surface area contributed by atoms with Crippen molar-refractivity contribution < 1.29 is 9.53 Å². The first-order chi connectivity index (χ1) is 12.6. The van der Waals surface area contributed by atoms with E-state index in [1.807, 2.05) is 58.9 Å². The van der Waals surface area contributed by atoms with Crippen molar-refractivity contribution in [3.8, 4) is 17.1 Å². The van der Waals surface area contributed by atoms with Gasteiger partial charge in [0.05, 0.1) is 6.61 Å². The zero-order valence-corrected chi connectivity index (χ0v) is 16.1. The van der Waals surface area contributed by atoms with Crippen LogP contribution in [0.2, 0.25) is 0 Å². The number of aryl methyl sites for hydroxylation is 1. The average Bonchev–Trinajstić information content (AvgIpc) is 3.20. The molecule has 0 bridgehead atoms. The molecule has 0 fully saturated rings. The Labute approximate surface area is 159 Å². The number of ether oxygens (including phenoxy) is 1. The monoisotopic (exact) mass is 389 g/mol. The van der Waals surface area contributed by atoms with Crippen LogP contribution >= 0.6 is 23.6 Å². The minimum absolute atomic E-state index is 0.191. The van der Waals surface area contributed by atoms with Gasteiger partial charge in [0, 0.05) is 37.2 Å². The van der Waals surface area contributed by atoms with Crippen LogP contribution in [0.1, 0.15) is 13.3 Å². The number of nitrogens with one attached hydrogen (secondary N) is 1. The van der Waals surface area contributed by atoms with Crippen LogP contribution in [-0.4, -0.2) is 31.8 Å². The molecule has 0 radical (unpaired) electrons. The molecular formula is C17H19N5O2S2. The molecule has 26 heavy (non-hydrogen) atoms. The molecule has 0 aliphatic rings. The number of hydrogen-bond acceptors (Lipinski definition) is 5. The van der Waals surface area contributed by atoms with Crippen molar-refractivity contribution in [3.63, 3.8) is 0 Å². The van der Waals surface area contributed by atoms with Crippen LogP contribution < -0.4 is 9.54 Å². The SMILES string of the molecule is CCOc1ccc(-c2n[nH]c(=S)n2CCC(=O)N=c2sccn2C)cc1. The first-order valence-electron chi connectivity index (χ1n) is 8.14. The molecule has 3 rings (SSSR count). The van der Waals surface area contributed by atoms with Gasteiger partial charge >= 0.3 is 0 Å². The van der Waals surface area contributed by atoms with Gasteiger partial charge in [-0.2, -0.15) is 10.1 Å². The van der Waals surface area contributed by atoms with E-state index in [0.717, 1.165) is 11.3 Å². The summed E-state index contributed by atoms with van der Waals surface area (Å²) in [6.07, 6.45) is 2.11. The number of amides is 1. The number of nitrogens with zero attached hydrogens (tertiary/aromatic N) is 4. The third kappa shape index (κ3) is 4.17. The zero-order valence-electron chi connectivity index (χ0n) is 14.5. The molecule has 0 aliphatic heterocycles. The Balaban J connectivity index is 1.77. The van der Waals surface area contributed by atoms with Crippen molar-refractivity contribution >= 4 is 29.5 Å². The summed E-state index contributed by atoms with van der Waals surface area (Å²) < 4.78 is 9.56. The van der Waals surface area contributed by atoms with Gasteiger partial charge in [0.2, 0.25) is 5.91 Å². The summed E-state index contributed by atoms with van der Waals surface area (Å²) in [4.78, 5) is 17.0. The molecule has 1 N–H and O–H groups in total. The highest BCUT2D eigenvalue weighted by Crippen LogP contribution is 2.21. The number of rotatable bonds is 6. The number of aromatic amines is 1. The molecule has 1 aromatic carbocycles. The number of H-pyrrole nitrogens is 1. The molecule has 2 aromatic heterocycles. The third-order valence-corrected chi connectivity index (χ3v) is 4.87. The van der Waals surface area contributed by atoms with Gasteiger partial charge in [0.1, 0.15) is 5.75 Å². The summed E-state index contributed by atoms with van der Waals surface area (Å²) >= 11 is 6.73. The molecule has 136 valence electrons. The van der Waals surface area contributed by atoms with Crippen molar-refractivity contribution in [1.29, 1.82) is 0 Å². The van der Waals surface area contributed by atoms with E-state index >= 15 is 0 Å². The molecule has 0 unspecified atom stereocenters. The lowest BCUT2D eigenvalue weighted by Gasteiger charge is -2.07. The van der Waals surface area contributed by atoms with E-state index < -0.39 is 0 Å². The fourth-order valence-electron chi connectivity index (χ4n) is 2.42. The highest BCUT2D eigenvalue weighted by atomic mass is 32.1. The predicted octanol–water partition coefficient (Wildman–Crippen LogP) is 2.92. The lowest BCUT2D eigenvalue weighted by atomic mass is 10.2. The van der Waals surface area contributed by atoms with Crippen molar-refractivity contribution in [2.75, 3.05) is 6.61 Å². The molecule has 2 heterocycles. The van der Waals surface area contributed by atoms with Crippen molar-refractivity contribution in [1.82, 2.24) is 19.3 Å². The Morgan fingerprint density at radius 3 is 2.81 bits per heavy atom. The largest absolute Gasteiger partial charge is 0.494 e. The summed E-state index contributed by atoms with van der Waals surface area (Å²) in [5.41, 5.74) is 0.898. The first kappa shape index (κ1) is 18.3. The minimum Gasteiger partial charge on any atom is -0.494 e. The molecule has 7 nitrogen and oxygen atoms in total. The number of hydrogen-bond donors (Lipinski definition) is 1. The van der Waals surface area contributed by atoms with Gasteiger partial charge < -0.3 is 9.30 Å². The van der Waals surface area contributed by atoms with Crippen LogP contribution in [-0.2, 0) is 18.4 Å². The fraction of sp³-hybridized carbons (Fsp3) is 0.294. The maximum Gasteiger partial charge on any atom is 0.250 e. The number of carbonyl (C=O) groups excluding carboxylic acids is 1. The van der Waals surface area contributed by atoms with Gasteiger partial charge in [-0.25, -0.2) is 0 Å². The van der Waals surface area contributed by atoms with Crippen molar-refractivity contribution in [2.24, 2.45) is 12.0 Å². The van der Waals surface area contributed by atoms with Crippen LogP contribution in [0, 0.1) is 4.77 Å². The van der Waals surface area contributed by atoms with Gasteiger partial charge in [-0.15, -0.1) is 11.3 Å². The van der Waals surface area contributed by atoms with E-state index in [4.69, 9.17) is 17.0 Å². The summed E-state index contributed by atoms with van der Waals surface area (Å²) in [6, 6.07) is 7.62. The Morgan fingerprint density at radius 1 is 1.38 bits per heavy atom. The Kier molecular flexibility index (Phi) is 5.79. The van der Waals surface area contributed by atoms with E-state index in [1.54, 1.807) is 0 Å². The highest BCUT2D eigenvalue weighted by Gasteiger charge is 2.11. The molecule has 0 saturated carbocycles. The van der Waals surface area contributed by atoms with Crippen LogP contribution in [0.25, 0.3) is 11.4 Å². The lowest BCUT2D eigenvalue weighted by Crippen LogP contribution is -2.14. The molecular weight excluding hydrogens is 370 g/mol. The van der Waals surface area contributed by atoms with E-state index in [0.29, 0.717) is 28.5 Å². The molecule has 3 aromatic rings. The predicted molar refractivity (Wildman–Crippen MR) is 102 cm³/mol. The van der Waals surface area contributed by atoms with Gasteiger partial charge in [-0.1, -0.05) is 0 Å². The van der Waals surface area contributed by atoms with Gasteiger partial charge in [0.25, 0.3) is 0 Å². The lowest BCUT2D eigenvalue weighted by molar-refractivity contribution is -0.118. The maximum atomic E-state index is 12.2. The topological polar surface area (TPSA) is 77.2 Å². The smallest absolute Gasteiger partial charge is 0.250 e. The average molecular weight is 390 g/mol. The number of thiazole rings is 1. The van der Waals surface area contributed by atoms with E-state index in [9.17, 15) is 4.79 Å². The van der Waals surface area contributed by atoms with Gasteiger partial charge in [0.15, 0.2) is 15.4 Å². The van der Waals surface area contributed by atoms with E-state index in [2.05, 4.69) is 15.2 Å². The Hall–Kier alpha value is -2.52. The summed E-state index contributed by atoms with van der Waals surface area (Å²) in [5.74, 6) is 1.30.